The molecule has 25 heavy (non-hydrogen) atoms. The van der Waals surface area contributed by atoms with Gasteiger partial charge >= 0.3 is 0 Å². The molecule has 7 heteroatoms. The first-order valence-corrected chi connectivity index (χ1v) is 10.1. The number of thioether (sulfide) groups is 1. The first-order chi connectivity index (χ1) is 12.0. The Kier molecular flexibility index (Phi) is 6.30. The number of aliphatic hydroxyl groups is 1. The molecule has 2 heterocycles. The van der Waals surface area contributed by atoms with Crippen molar-refractivity contribution in [1.82, 2.24) is 9.97 Å². The van der Waals surface area contributed by atoms with Crippen LogP contribution in [-0.2, 0) is 11.3 Å². The topological polar surface area (TPSA) is 55.2 Å². The van der Waals surface area contributed by atoms with Crippen molar-refractivity contribution < 1.29 is 9.84 Å². The summed E-state index contributed by atoms with van der Waals surface area (Å²) in [5, 5.41) is 12.9. The number of hydrogen-bond acceptors (Lipinski definition) is 6. The smallest absolute Gasteiger partial charge is 0.128 e. The van der Waals surface area contributed by atoms with Crippen LogP contribution in [0.1, 0.15) is 16.0 Å². The summed E-state index contributed by atoms with van der Waals surface area (Å²) in [5.74, 6) is 0.529. The van der Waals surface area contributed by atoms with E-state index in [-0.39, 0.29) is 6.61 Å². The van der Waals surface area contributed by atoms with Crippen LogP contribution in [0.2, 0.25) is 5.02 Å². The maximum atomic E-state index is 10.2. The lowest BCUT2D eigenvalue weighted by molar-refractivity contribution is 0.0398. The molecule has 0 amide bonds. The molecule has 0 saturated carbocycles. The molecule has 1 N–H and O–H groups in total. The summed E-state index contributed by atoms with van der Waals surface area (Å²) in [6, 6.07) is 7.50. The zero-order valence-corrected chi connectivity index (χ0v) is 16.4. The Balaban J connectivity index is 1.52. The van der Waals surface area contributed by atoms with Crippen molar-refractivity contribution in [2.45, 2.75) is 31.6 Å². The first-order valence-electron chi connectivity index (χ1n) is 7.88. The highest BCUT2D eigenvalue weighted by Crippen LogP contribution is 2.34. The zero-order chi connectivity index (χ0) is 17.8. The molecule has 1 aromatic carbocycles. The number of halogens is 1. The quantitative estimate of drug-likeness (QED) is 0.467. The van der Waals surface area contributed by atoms with Gasteiger partial charge < -0.3 is 9.84 Å². The first kappa shape index (κ1) is 18.6. The Morgan fingerprint density at radius 3 is 2.76 bits per heavy atom. The second kappa shape index (κ2) is 8.47. The highest BCUT2D eigenvalue weighted by Gasteiger charge is 2.14. The van der Waals surface area contributed by atoms with Crippen LogP contribution in [0.15, 0.2) is 35.6 Å². The predicted octanol–water partition coefficient (Wildman–Crippen LogP) is 4.63. The minimum Gasteiger partial charge on any atom is -0.390 e. The predicted molar refractivity (Wildman–Crippen MR) is 105 cm³/mol. The Bertz CT molecular complexity index is 852. The van der Waals surface area contributed by atoms with E-state index in [1.54, 1.807) is 29.4 Å². The van der Waals surface area contributed by atoms with Gasteiger partial charge in [-0.25, -0.2) is 9.97 Å². The molecule has 132 valence electrons. The van der Waals surface area contributed by atoms with Gasteiger partial charge in [0.15, 0.2) is 0 Å². The molecule has 0 fully saturated rings. The van der Waals surface area contributed by atoms with Gasteiger partial charge in [0, 0.05) is 21.0 Å². The fraction of sp³-hybridized carbons (Fsp3) is 0.333. The number of nitrogens with zero attached hydrogens (tertiary/aromatic N) is 2. The van der Waals surface area contributed by atoms with E-state index in [4.69, 9.17) is 16.3 Å². The lowest BCUT2D eigenvalue weighted by Crippen LogP contribution is -2.18. The third-order valence-corrected chi connectivity index (χ3v) is 6.34. The number of aryl methyl sites for hydroxylation is 2. The fourth-order valence-corrected chi connectivity index (χ4v) is 4.53. The number of benzene rings is 1. The second-order valence-electron chi connectivity index (χ2n) is 5.75. The Morgan fingerprint density at radius 1 is 1.24 bits per heavy atom. The standard InChI is InChI=1S/C18H19ClN2O2S2/c1-11-12(2)25-18-16(11)17(20-10-21-18)24-9-15(22)8-23-7-13-3-5-14(19)6-4-13/h3-6,10,15,22H,7-9H2,1-2H3. The van der Waals surface area contributed by atoms with Crippen molar-refractivity contribution in [2.75, 3.05) is 12.4 Å². The van der Waals surface area contributed by atoms with Crippen LogP contribution >= 0.6 is 34.7 Å². The number of ether oxygens (including phenoxy) is 1. The van der Waals surface area contributed by atoms with Crippen molar-refractivity contribution in [3.05, 3.63) is 51.6 Å². The molecule has 3 aromatic rings. The number of thiophene rings is 1. The van der Waals surface area contributed by atoms with E-state index in [9.17, 15) is 5.11 Å². The molecule has 1 unspecified atom stereocenters. The van der Waals surface area contributed by atoms with Crippen LogP contribution in [0.25, 0.3) is 10.2 Å². The van der Waals surface area contributed by atoms with E-state index in [1.165, 1.54) is 10.4 Å². The van der Waals surface area contributed by atoms with Gasteiger partial charge in [-0.05, 0) is 37.1 Å². The van der Waals surface area contributed by atoms with E-state index < -0.39 is 6.10 Å². The maximum Gasteiger partial charge on any atom is 0.128 e. The summed E-state index contributed by atoms with van der Waals surface area (Å²) < 4.78 is 5.59. The molecule has 2 aromatic heterocycles. The number of aliphatic hydroxyl groups excluding tert-OH is 1. The molecule has 0 aliphatic rings. The summed E-state index contributed by atoms with van der Waals surface area (Å²) in [7, 11) is 0. The SMILES string of the molecule is Cc1sc2ncnc(SCC(O)COCc3ccc(Cl)cc3)c2c1C. The molecule has 0 saturated heterocycles. The van der Waals surface area contributed by atoms with E-state index in [0.717, 1.165) is 20.8 Å². The van der Waals surface area contributed by atoms with Crippen LogP contribution in [0.3, 0.4) is 0 Å². The highest BCUT2D eigenvalue weighted by atomic mass is 35.5. The average molecular weight is 395 g/mol. The number of aromatic nitrogens is 2. The summed E-state index contributed by atoms with van der Waals surface area (Å²) in [6.07, 6.45) is 1.03. The largest absolute Gasteiger partial charge is 0.390 e. The summed E-state index contributed by atoms with van der Waals surface area (Å²) in [4.78, 5) is 11.0. The third kappa shape index (κ3) is 4.71. The molecule has 4 nitrogen and oxygen atoms in total. The summed E-state index contributed by atoms with van der Waals surface area (Å²) >= 11 is 9.08. The molecular formula is C18H19ClN2O2S2. The van der Waals surface area contributed by atoms with Gasteiger partial charge in [-0.3, -0.25) is 0 Å². The molecule has 0 radical (unpaired) electrons. The number of hydrogen-bond donors (Lipinski definition) is 1. The molecular weight excluding hydrogens is 376 g/mol. The van der Waals surface area contributed by atoms with Gasteiger partial charge in [-0.1, -0.05) is 23.7 Å². The van der Waals surface area contributed by atoms with Crippen molar-refractivity contribution in [2.24, 2.45) is 0 Å². The van der Waals surface area contributed by atoms with Crippen LogP contribution in [0, 0.1) is 13.8 Å². The van der Waals surface area contributed by atoms with E-state index in [0.29, 0.717) is 17.4 Å². The van der Waals surface area contributed by atoms with E-state index >= 15 is 0 Å². The van der Waals surface area contributed by atoms with Crippen LogP contribution in [0.4, 0.5) is 0 Å². The van der Waals surface area contributed by atoms with Gasteiger partial charge in [0.1, 0.15) is 16.2 Å². The van der Waals surface area contributed by atoms with Gasteiger partial charge in [0.2, 0.25) is 0 Å². The fourth-order valence-electron chi connectivity index (χ4n) is 2.38. The lowest BCUT2D eigenvalue weighted by Gasteiger charge is -2.11. The average Bonchev–Trinajstić information content (AvgIpc) is 2.90. The zero-order valence-electron chi connectivity index (χ0n) is 14.0. The van der Waals surface area contributed by atoms with Crippen molar-refractivity contribution in [1.29, 1.82) is 0 Å². The van der Waals surface area contributed by atoms with Gasteiger partial charge in [0.25, 0.3) is 0 Å². The van der Waals surface area contributed by atoms with Crippen LogP contribution in [0.5, 0.6) is 0 Å². The van der Waals surface area contributed by atoms with Crippen molar-refractivity contribution in [3.63, 3.8) is 0 Å². The van der Waals surface area contributed by atoms with Gasteiger partial charge in [0.05, 0.1) is 19.3 Å². The molecule has 0 aliphatic heterocycles. The van der Waals surface area contributed by atoms with Gasteiger partial charge in [-0.2, -0.15) is 0 Å². The van der Waals surface area contributed by atoms with Crippen molar-refractivity contribution >= 4 is 44.9 Å². The minimum absolute atomic E-state index is 0.283. The number of fused-ring (bicyclic) bond motifs is 1. The van der Waals surface area contributed by atoms with Crippen LogP contribution < -0.4 is 0 Å². The molecule has 0 spiro atoms. The molecule has 0 bridgehead atoms. The highest BCUT2D eigenvalue weighted by molar-refractivity contribution is 7.99. The lowest BCUT2D eigenvalue weighted by atomic mass is 10.2. The number of rotatable bonds is 7. The Morgan fingerprint density at radius 2 is 2.00 bits per heavy atom. The molecule has 3 rings (SSSR count). The van der Waals surface area contributed by atoms with Crippen LogP contribution in [-0.4, -0.2) is 33.5 Å². The minimum atomic E-state index is -0.553. The van der Waals surface area contributed by atoms with Gasteiger partial charge in [-0.15, -0.1) is 23.1 Å². The van der Waals surface area contributed by atoms with E-state index in [2.05, 4.69) is 23.8 Å². The molecule has 1 atom stereocenters. The van der Waals surface area contributed by atoms with Crippen molar-refractivity contribution in [3.8, 4) is 0 Å². The molecule has 0 aliphatic carbocycles. The Labute approximate surface area is 160 Å². The second-order valence-corrected chi connectivity index (χ2v) is 8.40. The summed E-state index contributed by atoms with van der Waals surface area (Å²) in [6.45, 7) is 4.92. The van der Waals surface area contributed by atoms with E-state index in [1.807, 2.05) is 24.3 Å². The summed E-state index contributed by atoms with van der Waals surface area (Å²) in [5.41, 5.74) is 2.25. The normalized spacial score (nSPS) is 12.6. The Hall–Kier alpha value is -1.18. The third-order valence-electron chi connectivity index (χ3n) is 3.84. The monoisotopic (exact) mass is 394 g/mol. The maximum absolute atomic E-state index is 10.2.